The van der Waals surface area contributed by atoms with Gasteiger partial charge in [-0.1, -0.05) is 26.7 Å². The minimum Gasteiger partial charge on any atom is -0.471 e. The molecule has 0 saturated heterocycles. The lowest BCUT2D eigenvalue weighted by Crippen LogP contribution is -2.38. The van der Waals surface area contributed by atoms with E-state index in [4.69, 9.17) is 10.5 Å². The Balaban J connectivity index is 2.29. The molecule has 1 aliphatic carbocycles. The minimum absolute atomic E-state index is 0.0109. The number of aromatic nitrogens is 2. The third kappa shape index (κ3) is 3.51. The van der Waals surface area contributed by atoms with E-state index >= 15 is 0 Å². The van der Waals surface area contributed by atoms with Gasteiger partial charge in [0.25, 0.3) is 5.88 Å². The van der Waals surface area contributed by atoms with E-state index in [1.54, 1.807) is 0 Å². The molecular formula is C16H24N4O. The first-order chi connectivity index (χ1) is 10.2. The van der Waals surface area contributed by atoms with E-state index in [2.05, 4.69) is 16.3 Å². The second kappa shape index (κ2) is 7.37. The molecule has 1 aromatic heterocycles. The van der Waals surface area contributed by atoms with Gasteiger partial charge in [0.2, 0.25) is 0 Å². The van der Waals surface area contributed by atoms with E-state index in [1.165, 1.54) is 6.42 Å². The summed E-state index contributed by atoms with van der Waals surface area (Å²) in [6, 6.07) is 2.25. The number of hydrogen-bond acceptors (Lipinski definition) is 5. The quantitative estimate of drug-likeness (QED) is 0.860. The molecule has 0 aliphatic heterocycles. The molecule has 2 unspecified atom stereocenters. The van der Waals surface area contributed by atoms with Gasteiger partial charge in [0.05, 0.1) is 5.69 Å². The predicted molar refractivity (Wildman–Crippen MR) is 81.0 cm³/mol. The fourth-order valence-corrected chi connectivity index (χ4v) is 2.94. The summed E-state index contributed by atoms with van der Waals surface area (Å²) in [5.41, 5.74) is 8.55. The molecule has 2 atom stereocenters. The highest BCUT2D eigenvalue weighted by molar-refractivity contribution is 5.46. The van der Waals surface area contributed by atoms with Crippen molar-refractivity contribution < 1.29 is 4.74 Å². The summed E-state index contributed by atoms with van der Waals surface area (Å²) in [4.78, 5) is 0. The van der Waals surface area contributed by atoms with Gasteiger partial charge in [-0.05, 0) is 37.7 Å². The Morgan fingerprint density at radius 2 is 1.95 bits per heavy atom. The smallest absolute Gasteiger partial charge is 0.252 e. The Labute approximate surface area is 126 Å². The molecule has 1 fully saturated rings. The highest BCUT2D eigenvalue weighted by Gasteiger charge is 2.25. The summed E-state index contributed by atoms with van der Waals surface area (Å²) in [6.07, 6.45) is 6.81. The van der Waals surface area contributed by atoms with Crippen LogP contribution < -0.4 is 10.5 Å². The fourth-order valence-electron chi connectivity index (χ4n) is 2.94. The van der Waals surface area contributed by atoms with E-state index in [0.717, 1.165) is 49.8 Å². The SMILES string of the molecule is CCc1nnc(OC2CCCCCC2N)c(C#N)c1CC. The van der Waals surface area contributed by atoms with Crippen molar-refractivity contribution in [2.45, 2.75) is 70.9 Å². The van der Waals surface area contributed by atoms with Crippen molar-refractivity contribution in [3.8, 4) is 11.9 Å². The van der Waals surface area contributed by atoms with Gasteiger partial charge in [-0.2, -0.15) is 10.4 Å². The predicted octanol–water partition coefficient (Wildman–Crippen LogP) is 2.51. The van der Waals surface area contributed by atoms with Crippen LogP contribution in [0.25, 0.3) is 0 Å². The first kappa shape index (κ1) is 15.7. The second-order valence-corrected chi connectivity index (χ2v) is 5.58. The van der Waals surface area contributed by atoms with Gasteiger partial charge in [0, 0.05) is 6.04 Å². The Morgan fingerprint density at radius 1 is 1.19 bits per heavy atom. The molecule has 0 aromatic carbocycles. The topological polar surface area (TPSA) is 84.8 Å². The molecule has 1 heterocycles. The van der Waals surface area contributed by atoms with E-state index in [9.17, 15) is 5.26 Å². The molecule has 114 valence electrons. The number of nitrogens with two attached hydrogens (primary N) is 1. The van der Waals surface area contributed by atoms with Crippen LogP contribution in [0.5, 0.6) is 5.88 Å². The van der Waals surface area contributed by atoms with Gasteiger partial charge in [-0.15, -0.1) is 5.10 Å². The van der Waals surface area contributed by atoms with Crippen LogP contribution in [-0.2, 0) is 12.8 Å². The van der Waals surface area contributed by atoms with E-state index in [1.807, 2.05) is 13.8 Å². The summed E-state index contributed by atoms with van der Waals surface area (Å²) >= 11 is 0. The Hall–Kier alpha value is -1.67. The molecular weight excluding hydrogens is 264 g/mol. The molecule has 21 heavy (non-hydrogen) atoms. The normalized spacial score (nSPS) is 22.4. The Morgan fingerprint density at radius 3 is 2.62 bits per heavy atom. The summed E-state index contributed by atoms with van der Waals surface area (Å²) in [7, 11) is 0. The van der Waals surface area contributed by atoms with Crippen LogP contribution in [0.3, 0.4) is 0 Å². The number of aryl methyl sites for hydroxylation is 1. The second-order valence-electron chi connectivity index (χ2n) is 5.58. The van der Waals surface area contributed by atoms with Crippen molar-refractivity contribution in [1.29, 1.82) is 5.26 Å². The van der Waals surface area contributed by atoms with Gasteiger partial charge < -0.3 is 10.5 Å². The van der Waals surface area contributed by atoms with Crippen LogP contribution >= 0.6 is 0 Å². The molecule has 0 spiro atoms. The maximum Gasteiger partial charge on any atom is 0.252 e. The van der Waals surface area contributed by atoms with Gasteiger partial charge in [0.1, 0.15) is 17.7 Å². The monoisotopic (exact) mass is 288 g/mol. The third-order valence-corrected chi connectivity index (χ3v) is 4.19. The molecule has 1 aromatic rings. The zero-order valence-corrected chi connectivity index (χ0v) is 12.9. The molecule has 2 rings (SSSR count). The van der Waals surface area contributed by atoms with Crippen LogP contribution in [0.4, 0.5) is 0 Å². The van der Waals surface area contributed by atoms with Crippen LogP contribution in [-0.4, -0.2) is 22.3 Å². The molecule has 1 saturated carbocycles. The van der Waals surface area contributed by atoms with Crippen molar-refractivity contribution in [1.82, 2.24) is 10.2 Å². The van der Waals surface area contributed by atoms with Gasteiger partial charge >= 0.3 is 0 Å². The number of hydrogen-bond donors (Lipinski definition) is 1. The summed E-state index contributed by atoms with van der Waals surface area (Å²) in [5.74, 6) is 0.355. The zero-order valence-electron chi connectivity index (χ0n) is 12.9. The molecule has 0 radical (unpaired) electrons. The lowest BCUT2D eigenvalue weighted by atomic mass is 10.0. The van der Waals surface area contributed by atoms with Crippen molar-refractivity contribution in [3.05, 3.63) is 16.8 Å². The Bertz CT molecular complexity index is 524. The molecule has 0 bridgehead atoms. The molecule has 0 amide bonds. The summed E-state index contributed by atoms with van der Waals surface area (Å²) in [5, 5.41) is 17.8. The zero-order chi connectivity index (χ0) is 15.2. The lowest BCUT2D eigenvalue weighted by molar-refractivity contribution is 0.153. The maximum atomic E-state index is 9.47. The van der Waals surface area contributed by atoms with E-state index in [0.29, 0.717) is 11.4 Å². The van der Waals surface area contributed by atoms with Gasteiger partial charge in [-0.25, -0.2) is 0 Å². The van der Waals surface area contributed by atoms with Crippen molar-refractivity contribution in [3.63, 3.8) is 0 Å². The van der Waals surface area contributed by atoms with Gasteiger partial charge in [0.15, 0.2) is 0 Å². The number of nitrogens with zero attached hydrogens (tertiary/aromatic N) is 3. The summed E-state index contributed by atoms with van der Waals surface area (Å²) < 4.78 is 5.99. The average Bonchev–Trinajstić information content (AvgIpc) is 2.71. The first-order valence-electron chi connectivity index (χ1n) is 7.92. The van der Waals surface area contributed by atoms with Crippen LogP contribution in [0.15, 0.2) is 0 Å². The van der Waals surface area contributed by atoms with Crippen LogP contribution in [0, 0.1) is 11.3 Å². The summed E-state index contributed by atoms with van der Waals surface area (Å²) in [6.45, 7) is 4.05. The van der Waals surface area contributed by atoms with Crippen molar-refractivity contribution in [2.75, 3.05) is 0 Å². The standard InChI is InChI=1S/C16H24N4O/c1-3-11-12(10-17)16(20-19-14(11)4-2)21-15-9-7-5-6-8-13(15)18/h13,15H,3-9,18H2,1-2H3. The van der Waals surface area contributed by atoms with Crippen LogP contribution in [0.2, 0.25) is 0 Å². The molecule has 1 aliphatic rings. The van der Waals surface area contributed by atoms with Gasteiger partial charge in [-0.3, -0.25) is 0 Å². The molecule has 5 heteroatoms. The average molecular weight is 288 g/mol. The highest BCUT2D eigenvalue weighted by Crippen LogP contribution is 2.26. The minimum atomic E-state index is -0.0638. The highest BCUT2D eigenvalue weighted by atomic mass is 16.5. The molecule has 5 nitrogen and oxygen atoms in total. The number of rotatable bonds is 4. The van der Waals surface area contributed by atoms with E-state index in [-0.39, 0.29) is 12.1 Å². The van der Waals surface area contributed by atoms with Crippen molar-refractivity contribution >= 4 is 0 Å². The third-order valence-electron chi connectivity index (χ3n) is 4.19. The van der Waals surface area contributed by atoms with Crippen LogP contribution in [0.1, 0.15) is 62.8 Å². The molecule has 2 N–H and O–H groups in total. The maximum absolute atomic E-state index is 9.47. The lowest BCUT2D eigenvalue weighted by Gasteiger charge is -2.23. The largest absolute Gasteiger partial charge is 0.471 e. The fraction of sp³-hybridized carbons (Fsp3) is 0.688. The first-order valence-corrected chi connectivity index (χ1v) is 7.92. The van der Waals surface area contributed by atoms with E-state index < -0.39 is 0 Å². The number of ether oxygens (including phenoxy) is 1. The number of nitriles is 1. The Kier molecular flexibility index (Phi) is 5.51. The van der Waals surface area contributed by atoms with Crippen molar-refractivity contribution in [2.24, 2.45) is 5.73 Å².